The fourth-order valence-electron chi connectivity index (χ4n) is 1.82. The van der Waals surface area contributed by atoms with Crippen LogP contribution in [0.25, 0.3) is 0 Å². The summed E-state index contributed by atoms with van der Waals surface area (Å²) in [7, 11) is 0. The number of benzene rings is 1. The molecule has 0 spiro atoms. The third-order valence-corrected chi connectivity index (χ3v) is 3.93. The van der Waals surface area contributed by atoms with Crippen LogP contribution in [0.15, 0.2) is 24.3 Å². The Kier molecular flexibility index (Phi) is 3.56. The maximum Gasteiger partial charge on any atom is 0.0406 e. The first-order chi connectivity index (χ1) is 7.65. The number of alkyl halides is 1. The van der Waals surface area contributed by atoms with Gasteiger partial charge in [0.15, 0.2) is 0 Å². The summed E-state index contributed by atoms with van der Waals surface area (Å²) in [5.74, 6) is 1.34. The van der Waals surface area contributed by atoms with Crippen molar-refractivity contribution >= 4 is 11.6 Å². The summed E-state index contributed by atoms with van der Waals surface area (Å²) in [4.78, 5) is 0. The van der Waals surface area contributed by atoms with E-state index in [1.54, 1.807) is 0 Å². The van der Waals surface area contributed by atoms with Crippen LogP contribution < -0.4 is 5.32 Å². The standard InChI is InChI=1S/C14H20ClN/c1-11(2)13-5-3-12(4-6-13)9-16-14(10-15)7-8-14/h3-6,11,16H,7-10H2,1-2H3. The summed E-state index contributed by atoms with van der Waals surface area (Å²) in [6, 6.07) is 8.88. The van der Waals surface area contributed by atoms with Crippen molar-refractivity contribution in [1.82, 2.24) is 5.32 Å². The number of hydrogen-bond donors (Lipinski definition) is 1. The summed E-state index contributed by atoms with van der Waals surface area (Å²) >= 11 is 5.93. The molecule has 1 saturated carbocycles. The first kappa shape index (κ1) is 11.9. The summed E-state index contributed by atoms with van der Waals surface area (Å²) in [6.45, 7) is 5.38. The molecule has 1 aromatic rings. The molecule has 1 fully saturated rings. The van der Waals surface area contributed by atoms with Gasteiger partial charge in [0.05, 0.1) is 0 Å². The Morgan fingerprint density at radius 2 is 1.88 bits per heavy atom. The van der Waals surface area contributed by atoms with E-state index in [0.29, 0.717) is 5.92 Å². The van der Waals surface area contributed by atoms with Crippen LogP contribution in [-0.2, 0) is 6.54 Å². The van der Waals surface area contributed by atoms with Crippen LogP contribution in [0, 0.1) is 0 Å². The molecule has 1 nitrogen and oxygen atoms in total. The second-order valence-corrected chi connectivity index (χ2v) is 5.43. The average molecular weight is 238 g/mol. The SMILES string of the molecule is CC(C)c1ccc(CNC2(CCl)CC2)cc1. The highest BCUT2D eigenvalue weighted by atomic mass is 35.5. The predicted molar refractivity (Wildman–Crippen MR) is 70.1 cm³/mol. The molecular weight excluding hydrogens is 218 g/mol. The Hall–Kier alpha value is -0.530. The maximum atomic E-state index is 5.93. The van der Waals surface area contributed by atoms with Crippen LogP contribution in [0.3, 0.4) is 0 Å². The highest BCUT2D eigenvalue weighted by molar-refractivity contribution is 6.18. The Morgan fingerprint density at radius 3 is 2.31 bits per heavy atom. The fourth-order valence-corrected chi connectivity index (χ4v) is 2.18. The smallest absolute Gasteiger partial charge is 0.0406 e. The molecule has 2 heteroatoms. The molecule has 0 heterocycles. The van der Waals surface area contributed by atoms with Crippen molar-refractivity contribution in [2.75, 3.05) is 5.88 Å². The molecule has 0 bridgehead atoms. The molecule has 0 aromatic heterocycles. The van der Waals surface area contributed by atoms with Crippen LogP contribution in [0.2, 0.25) is 0 Å². The minimum atomic E-state index is 0.248. The van der Waals surface area contributed by atoms with Gasteiger partial charge in [0, 0.05) is 18.0 Å². The number of hydrogen-bond acceptors (Lipinski definition) is 1. The summed E-state index contributed by atoms with van der Waals surface area (Å²) in [5.41, 5.74) is 3.00. The molecule has 0 aliphatic heterocycles. The Bertz CT molecular complexity index is 338. The quantitative estimate of drug-likeness (QED) is 0.771. The van der Waals surface area contributed by atoms with Crippen LogP contribution in [-0.4, -0.2) is 11.4 Å². The lowest BCUT2D eigenvalue weighted by Crippen LogP contribution is -2.32. The lowest BCUT2D eigenvalue weighted by atomic mass is 10.0. The summed E-state index contributed by atoms with van der Waals surface area (Å²) in [5, 5.41) is 3.55. The topological polar surface area (TPSA) is 12.0 Å². The zero-order valence-electron chi connectivity index (χ0n) is 10.1. The van der Waals surface area contributed by atoms with E-state index < -0.39 is 0 Å². The molecule has 1 aliphatic rings. The second kappa shape index (κ2) is 4.77. The molecule has 0 saturated heterocycles. The van der Waals surface area contributed by atoms with E-state index in [4.69, 9.17) is 11.6 Å². The monoisotopic (exact) mass is 237 g/mol. The lowest BCUT2D eigenvalue weighted by molar-refractivity contribution is 0.543. The van der Waals surface area contributed by atoms with Gasteiger partial charge in [-0.25, -0.2) is 0 Å². The Labute approximate surface area is 103 Å². The van der Waals surface area contributed by atoms with Crippen molar-refractivity contribution in [2.45, 2.75) is 44.7 Å². The van der Waals surface area contributed by atoms with E-state index in [1.165, 1.54) is 24.0 Å². The second-order valence-electron chi connectivity index (χ2n) is 5.16. The van der Waals surface area contributed by atoms with Crippen molar-refractivity contribution < 1.29 is 0 Å². The van der Waals surface area contributed by atoms with E-state index in [9.17, 15) is 0 Å². The van der Waals surface area contributed by atoms with Gasteiger partial charge in [0.25, 0.3) is 0 Å². The largest absolute Gasteiger partial charge is 0.306 e. The Balaban J connectivity index is 1.90. The van der Waals surface area contributed by atoms with Crippen molar-refractivity contribution in [3.8, 4) is 0 Å². The number of halogens is 1. The first-order valence-corrected chi connectivity index (χ1v) is 6.58. The number of nitrogens with one attached hydrogen (secondary N) is 1. The highest BCUT2D eigenvalue weighted by Crippen LogP contribution is 2.36. The predicted octanol–water partition coefficient (Wildman–Crippen LogP) is 3.67. The molecule has 1 aromatic carbocycles. The molecule has 0 amide bonds. The third-order valence-electron chi connectivity index (χ3n) is 3.42. The molecule has 0 radical (unpaired) electrons. The van der Waals surface area contributed by atoms with Gasteiger partial charge in [-0.05, 0) is 29.9 Å². The van der Waals surface area contributed by atoms with Gasteiger partial charge in [0.2, 0.25) is 0 Å². The van der Waals surface area contributed by atoms with Gasteiger partial charge in [-0.15, -0.1) is 11.6 Å². The van der Waals surface area contributed by atoms with Gasteiger partial charge in [-0.3, -0.25) is 0 Å². The van der Waals surface area contributed by atoms with Crippen molar-refractivity contribution in [3.05, 3.63) is 35.4 Å². The van der Waals surface area contributed by atoms with Gasteiger partial charge in [-0.2, -0.15) is 0 Å². The first-order valence-electron chi connectivity index (χ1n) is 6.05. The van der Waals surface area contributed by atoms with Crippen LogP contribution in [0.1, 0.15) is 43.7 Å². The van der Waals surface area contributed by atoms with E-state index >= 15 is 0 Å². The molecule has 2 rings (SSSR count). The molecular formula is C14H20ClN. The van der Waals surface area contributed by atoms with E-state index in [1.807, 2.05) is 0 Å². The van der Waals surface area contributed by atoms with Gasteiger partial charge in [0.1, 0.15) is 0 Å². The highest BCUT2D eigenvalue weighted by Gasteiger charge is 2.40. The van der Waals surface area contributed by atoms with E-state index in [2.05, 4.69) is 43.4 Å². The van der Waals surface area contributed by atoms with E-state index in [0.717, 1.165) is 12.4 Å². The molecule has 1 aliphatic carbocycles. The van der Waals surface area contributed by atoms with Crippen molar-refractivity contribution in [3.63, 3.8) is 0 Å². The van der Waals surface area contributed by atoms with Crippen LogP contribution in [0.4, 0.5) is 0 Å². The summed E-state index contributed by atoms with van der Waals surface area (Å²) < 4.78 is 0. The zero-order chi connectivity index (χ0) is 11.6. The van der Waals surface area contributed by atoms with Crippen molar-refractivity contribution in [2.24, 2.45) is 0 Å². The van der Waals surface area contributed by atoms with Crippen LogP contribution >= 0.6 is 11.6 Å². The number of rotatable bonds is 5. The maximum absolute atomic E-state index is 5.93. The van der Waals surface area contributed by atoms with E-state index in [-0.39, 0.29) is 5.54 Å². The molecule has 1 N–H and O–H groups in total. The normalized spacial score (nSPS) is 17.8. The third kappa shape index (κ3) is 2.78. The fraction of sp³-hybridized carbons (Fsp3) is 0.571. The average Bonchev–Trinajstić information content (AvgIpc) is 3.08. The van der Waals surface area contributed by atoms with Gasteiger partial charge < -0.3 is 5.32 Å². The van der Waals surface area contributed by atoms with Crippen LogP contribution in [0.5, 0.6) is 0 Å². The molecule has 0 atom stereocenters. The summed E-state index contributed by atoms with van der Waals surface area (Å²) in [6.07, 6.45) is 2.45. The lowest BCUT2D eigenvalue weighted by Gasteiger charge is -2.14. The molecule has 88 valence electrons. The minimum absolute atomic E-state index is 0.248. The Morgan fingerprint density at radius 1 is 1.25 bits per heavy atom. The molecule has 16 heavy (non-hydrogen) atoms. The minimum Gasteiger partial charge on any atom is -0.306 e. The van der Waals surface area contributed by atoms with Gasteiger partial charge >= 0.3 is 0 Å². The molecule has 0 unspecified atom stereocenters. The zero-order valence-corrected chi connectivity index (χ0v) is 10.8. The van der Waals surface area contributed by atoms with Crippen molar-refractivity contribution in [1.29, 1.82) is 0 Å². The van der Waals surface area contributed by atoms with Gasteiger partial charge in [-0.1, -0.05) is 38.1 Å².